The molecule has 5 heteroatoms. The van der Waals surface area contributed by atoms with Crippen LogP contribution in [-0.4, -0.2) is 31.4 Å². The number of hydrogen-bond acceptors (Lipinski definition) is 3. The van der Waals surface area contributed by atoms with Gasteiger partial charge in [0.2, 0.25) is 0 Å². The number of Topliss-reactive ketones (excluding diaryl/α,β-unsaturated/α-hetero) is 1. The minimum atomic E-state index is -0.0841. The second kappa shape index (κ2) is 11.4. The fourth-order valence-corrected chi connectivity index (χ4v) is 1.33. The smallest absolute Gasteiger partial charge is 0.185 e. The van der Waals surface area contributed by atoms with E-state index >= 15 is 0 Å². The molecule has 0 aliphatic rings. The van der Waals surface area contributed by atoms with Crippen molar-refractivity contribution in [1.29, 1.82) is 0 Å². The minimum Gasteiger partial charge on any atom is -0.370 e. The number of likely N-dealkylation sites (N-methyl/N-ethyl adjacent to an activating group) is 1. The summed E-state index contributed by atoms with van der Waals surface area (Å²) >= 11 is 0. The summed E-state index contributed by atoms with van der Waals surface area (Å²) in [5.74, 6) is 0.402. The molecule has 0 aromatic carbocycles. The monoisotopic (exact) mass is 244 g/mol. The topological polar surface area (TPSA) is 93.5 Å². The molecule has 0 radical (unpaired) electrons. The van der Waals surface area contributed by atoms with Gasteiger partial charge < -0.3 is 16.8 Å². The van der Waals surface area contributed by atoms with Gasteiger partial charge in [0.1, 0.15) is 0 Å². The van der Waals surface area contributed by atoms with Crippen LogP contribution < -0.4 is 16.8 Å². The van der Waals surface area contributed by atoms with Gasteiger partial charge in [-0.3, -0.25) is 9.79 Å². The first-order valence-electron chi connectivity index (χ1n) is 6.25. The number of nitrogens with two attached hydrogens (primary N) is 2. The maximum absolute atomic E-state index is 11.7. The molecule has 0 aliphatic carbocycles. The predicted octanol–water partition coefficient (Wildman–Crippen LogP) is 0.879. The molecule has 102 valence electrons. The second-order valence-electron chi connectivity index (χ2n) is 3.85. The SMILES string of the molecule is CC.CNC(CCCN=C(N)N)C(=O)C(C)C. The van der Waals surface area contributed by atoms with Gasteiger partial charge in [0.15, 0.2) is 11.7 Å². The fraction of sp³-hybridized carbons (Fsp3) is 0.833. The molecular weight excluding hydrogens is 216 g/mol. The number of nitrogens with one attached hydrogen (secondary N) is 1. The van der Waals surface area contributed by atoms with Crippen molar-refractivity contribution in [2.24, 2.45) is 22.4 Å². The Morgan fingerprint density at radius 1 is 1.29 bits per heavy atom. The lowest BCUT2D eigenvalue weighted by atomic mass is 9.98. The van der Waals surface area contributed by atoms with Crippen molar-refractivity contribution in [3.63, 3.8) is 0 Å². The van der Waals surface area contributed by atoms with Gasteiger partial charge in [0, 0.05) is 12.5 Å². The number of hydrogen-bond donors (Lipinski definition) is 3. The number of carbonyl (C=O) groups excluding carboxylic acids is 1. The zero-order valence-electron chi connectivity index (χ0n) is 11.8. The average Bonchev–Trinajstić information content (AvgIpc) is 2.30. The van der Waals surface area contributed by atoms with Crippen molar-refractivity contribution in [3.05, 3.63) is 0 Å². The normalized spacial score (nSPS) is 11.4. The van der Waals surface area contributed by atoms with Crippen molar-refractivity contribution < 1.29 is 4.79 Å². The summed E-state index contributed by atoms with van der Waals surface area (Å²) in [6, 6.07) is -0.0841. The Hall–Kier alpha value is -1.10. The lowest BCUT2D eigenvalue weighted by Gasteiger charge is -2.16. The van der Waals surface area contributed by atoms with Gasteiger partial charge in [-0.2, -0.15) is 0 Å². The van der Waals surface area contributed by atoms with Gasteiger partial charge in [0.05, 0.1) is 6.04 Å². The molecule has 17 heavy (non-hydrogen) atoms. The van der Waals surface area contributed by atoms with Crippen LogP contribution in [-0.2, 0) is 4.79 Å². The molecule has 0 spiro atoms. The summed E-state index contributed by atoms with van der Waals surface area (Å²) < 4.78 is 0. The molecule has 0 aromatic rings. The van der Waals surface area contributed by atoms with E-state index in [1.807, 2.05) is 27.7 Å². The van der Waals surface area contributed by atoms with Gasteiger partial charge in [-0.1, -0.05) is 27.7 Å². The Morgan fingerprint density at radius 3 is 2.18 bits per heavy atom. The summed E-state index contributed by atoms with van der Waals surface area (Å²) in [5, 5.41) is 3.01. The summed E-state index contributed by atoms with van der Waals surface area (Å²) in [7, 11) is 1.80. The van der Waals surface area contributed by atoms with E-state index in [1.54, 1.807) is 7.05 Å². The molecule has 0 fully saturated rings. The third kappa shape index (κ3) is 9.81. The van der Waals surface area contributed by atoms with Crippen molar-refractivity contribution in [2.45, 2.75) is 46.6 Å². The maximum Gasteiger partial charge on any atom is 0.185 e. The summed E-state index contributed by atoms with van der Waals surface area (Å²) in [5.41, 5.74) is 10.4. The highest BCUT2D eigenvalue weighted by Gasteiger charge is 2.18. The van der Waals surface area contributed by atoms with Gasteiger partial charge in [-0.05, 0) is 19.9 Å². The van der Waals surface area contributed by atoms with E-state index in [9.17, 15) is 4.79 Å². The first kappa shape index (κ1) is 18.3. The molecule has 5 nitrogen and oxygen atoms in total. The van der Waals surface area contributed by atoms with E-state index in [2.05, 4.69) is 10.3 Å². The van der Waals surface area contributed by atoms with E-state index in [-0.39, 0.29) is 23.7 Å². The first-order chi connectivity index (χ1) is 7.99. The van der Waals surface area contributed by atoms with Crippen LogP contribution in [0.25, 0.3) is 0 Å². The molecule has 0 rings (SSSR count). The van der Waals surface area contributed by atoms with Crippen molar-refractivity contribution >= 4 is 11.7 Å². The van der Waals surface area contributed by atoms with Crippen LogP contribution in [0.5, 0.6) is 0 Å². The Kier molecular flexibility index (Phi) is 12.2. The van der Waals surface area contributed by atoms with Crippen molar-refractivity contribution in [1.82, 2.24) is 5.32 Å². The molecule has 0 bridgehead atoms. The average molecular weight is 244 g/mol. The lowest BCUT2D eigenvalue weighted by Crippen LogP contribution is -2.36. The summed E-state index contributed by atoms with van der Waals surface area (Å²) in [6.45, 7) is 8.39. The molecule has 0 heterocycles. The Labute approximate surface area is 105 Å². The van der Waals surface area contributed by atoms with E-state index in [1.165, 1.54) is 0 Å². The minimum absolute atomic E-state index is 0.0607. The zero-order valence-corrected chi connectivity index (χ0v) is 11.8. The van der Waals surface area contributed by atoms with Crippen LogP contribution in [0.1, 0.15) is 40.5 Å². The number of guanidine groups is 1. The van der Waals surface area contributed by atoms with Crippen molar-refractivity contribution in [3.8, 4) is 0 Å². The van der Waals surface area contributed by atoms with Crippen LogP contribution in [0.15, 0.2) is 4.99 Å². The third-order valence-electron chi connectivity index (χ3n) is 2.21. The molecule has 0 aromatic heterocycles. The molecule has 0 amide bonds. The van der Waals surface area contributed by atoms with Crippen molar-refractivity contribution in [2.75, 3.05) is 13.6 Å². The fourth-order valence-electron chi connectivity index (χ4n) is 1.33. The Morgan fingerprint density at radius 2 is 1.82 bits per heavy atom. The molecule has 0 saturated carbocycles. The summed E-state index contributed by atoms with van der Waals surface area (Å²) in [4.78, 5) is 15.5. The summed E-state index contributed by atoms with van der Waals surface area (Å²) in [6.07, 6.45) is 1.58. The molecule has 1 atom stereocenters. The highest BCUT2D eigenvalue weighted by Crippen LogP contribution is 2.05. The molecule has 5 N–H and O–H groups in total. The van der Waals surface area contributed by atoms with Gasteiger partial charge in [-0.15, -0.1) is 0 Å². The lowest BCUT2D eigenvalue weighted by molar-refractivity contribution is -0.124. The Bertz CT molecular complexity index is 223. The first-order valence-corrected chi connectivity index (χ1v) is 6.25. The molecule has 0 saturated heterocycles. The number of ketones is 1. The number of rotatable bonds is 7. The maximum atomic E-state index is 11.7. The molecular formula is C12H28N4O. The van der Waals surface area contributed by atoms with Gasteiger partial charge in [0.25, 0.3) is 0 Å². The van der Waals surface area contributed by atoms with E-state index < -0.39 is 0 Å². The van der Waals surface area contributed by atoms with Crippen LogP contribution in [0, 0.1) is 5.92 Å². The van der Waals surface area contributed by atoms with Gasteiger partial charge >= 0.3 is 0 Å². The zero-order chi connectivity index (χ0) is 13.8. The standard InChI is InChI=1S/C10H22N4O.C2H6/c1-7(2)9(15)8(13-3)5-4-6-14-10(11)12;1-2/h7-8,13H,4-6H2,1-3H3,(H4,11,12,14);1-2H3. The quantitative estimate of drug-likeness (QED) is 0.352. The Balaban J connectivity index is 0. The van der Waals surface area contributed by atoms with Crippen LogP contribution in [0.4, 0.5) is 0 Å². The van der Waals surface area contributed by atoms with E-state index in [0.29, 0.717) is 6.54 Å². The number of aliphatic imine (C=N–C) groups is 1. The third-order valence-corrected chi connectivity index (χ3v) is 2.21. The van der Waals surface area contributed by atoms with E-state index in [4.69, 9.17) is 11.5 Å². The van der Waals surface area contributed by atoms with Gasteiger partial charge in [-0.25, -0.2) is 0 Å². The van der Waals surface area contributed by atoms with Crippen LogP contribution in [0.3, 0.4) is 0 Å². The largest absolute Gasteiger partial charge is 0.370 e. The molecule has 0 aliphatic heterocycles. The van der Waals surface area contributed by atoms with Crippen LogP contribution >= 0.6 is 0 Å². The number of carbonyl (C=O) groups is 1. The molecule has 1 unspecified atom stereocenters. The van der Waals surface area contributed by atoms with Crippen LogP contribution in [0.2, 0.25) is 0 Å². The highest BCUT2D eigenvalue weighted by molar-refractivity contribution is 5.85. The van der Waals surface area contributed by atoms with E-state index in [0.717, 1.165) is 12.8 Å². The highest BCUT2D eigenvalue weighted by atomic mass is 16.1. The second-order valence-corrected chi connectivity index (χ2v) is 3.85. The predicted molar refractivity (Wildman–Crippen MR) is 74.0 cm³/mol. The number of nitrogens with zero attached hydrogens (tertiary/aromatic N) is 1.